The summed E-state index contributed by atoms with van der Waals surface area (Å²) in [5.74, 6) is 0. The molecule has 1 saturated heterocycles. The number of hydrogen-bond acceptors (Lipinski definition) is 3. The average Bonchev–Trinajstić information content (AvgIpc) is 3.33. The van der Waals surface area contributed by atoms with Crippen LogP contribution in [0.3, 0.4) is 0 Å². The van der Waals surface area contributed by atoms with Crippen molar-refractivity contribution in [1.29, 1.82) is 0 Å². The van der Waals surface area contributed by atoms with Crippen molar-refractivity contribution in [1.82, 2.24) is 0 Å². The van der Waals surface area contributed by atoms with E-state index in [0.29, 0.717) is 0 Å². The predicted molar refractivity (Wildman–Crippen MR) is 146 cm³/mol. The van der Waals surface area contributed by atoms with E-state index >= 15 is 0 Å². The van der Waals surface area contributed by atoms with E-state index in [0.717, 1.165) is 5.46 Å². The second-order valence-electron chi connectivity index (χ2n) is 10.0. The zero-order valence-electron chi connectivity index (χ0n) is 20.0. The molecule has 34 heavy (non-hydrogen) atoms. The van der Waals surface area contributed by atoms with Crippen molar-refractivity contribution in [2.75, 3.05) is 0 Å². The quantitative estimate of drug-likeness (QED) is 0.256. The van der Waals surface area contributed by atoms with Gasteiger partial charge in [-0.25, -0.2) is 0 Å². The van der Waals surface area contributed by atoms with E-state index in [2.05, 4.69) is 119 Å². The molecule has 0 saturated carbocycles. The zero-order valence-corrected chi connectivity index (χ0v) is 20.8. The first-order valence-electron chi connectivity index (χ1n) is 11.8. The normalized spacial score (nSPS) is 17.0. The molecule has 168 valence electrons. The Morgan fingerprint density at radius 3 is 1.94 bits per heavy atom. The third-order valence-electron chi connectivity index (χ3n) is 7.35. The molecule has 2 heterocycles. The Labute approximate surface area is 205 Å². The molecule has 0 bridgehead atoms. The standard InChI is InChI=1S/C30H27BO2S/c1-29(2)30(3,4)33-31(32-29)22-18-16-21(17-19-22)24-13-8-14-25-27-23(20-10-6-5-7-11-20)12-9-15-26(27)34-28(24)25/h5-19H,1-4H3. The van der Waals surface area contributed by atoms with Gasteiger partial charge in [0.2, 0.25) is 0 Å². The highest BCUT2D eigenvalue weighted by atomic mass is 32.1. The second kappa shape index (κ2) is 7.81. The van der Waals surface area contributed by atoms with E-state index in [4.69, 9.17) is 9.31 Å². The Bertz CT molecular complexity index is 1480. The monoisotopic (exact) mass is 462 g/mol. The van der Waals surface area contributed by atoms with E-state index in [1.165, 1.54) is 42.4 Å². The van der Waals surface area contributed by atoms with Crippen LogP contribution in [0.2, 0.25) is 0 Å². The zero-order chi connectivity index (χ0) is 23.5. The van der Waals surface area contributed by atoms with Crippen molar-refractivity contribution in [2.45, 2.75) is 38.9 Å². The van der Waals surface area contributed by atoms with Gasteiger partial charge in [-0.3, -0.25) is 0 Å². The highest BCUT2D eigenvalue weighted by Gasteiger charge is 2.51. The molecule has 1 aromatic heterocycles. The minimum atomic E-state index is -0.340. The number of benzene rings is 4. The van der Waals surface area contributed by atoms with Gasteiger partial charge in [0, 0.05) is 20.2 Å². The molecule has 0 N–H and O–H groups in total. The molecule has 0 spiro atoms. The van der Waals surface area contributed by atoms with Crippen LogP contribution in [0.5, 0.6) is 0 Å². The fourth-order valence-electron chi connectivity index (χ4n) is 4.73. The molecule has 1 fully saturated rings. The van der Waals surface area contributed by atoms with Gasteiger partial charge in [0.15, 0.2) is 0 Å². The maximum absolute atomic E-state index is 6.24. The maximum atomic E-state index is 6.24. The van der Waals surface area contributed by atoms with E-state index in [-0.39, 0.29) is 18.3 Å². The summed E-state index contributed by atoms with van der Waals surface area (Å²) in [6, 6.07) is 32.6. The van der Waals surface area contributed by atoms with Crippen LogP contribution in [0.4, 0.5) is 0 Å². The highest BCUT2D eigenvalue weighted by Crippen LogP contribution is 2.43. The van der Waals surface area contributed by atoms with E-state index in [9.17, 15) is 0 Å². The lowest BCUT2D eigenvalue weighted by Crippen LogP contribution is -2.41. The largest absolute Gasteiger partial charge is 0.494 e. The van der Waals surface area contributed by atoms with Gasteiger partial charge in [-0.2, -0.15) is 0 Å². The SMILES string of the molecule is CC1(C)OB(c2ccc(-c3cccc4c3sc3cccc(-c5ccccc5)c34)cc2)OC1(C)C. The summed E-state index contributed by atoms with van der Waals surface area (Å²) in [5, 5.41) is 2.65. The highest BCUT2D eigenvalue weighted by molar-refractivity contribution is 7.26. The average molecular weight is 462 g/mol. The first-order chi connectivity index (χ1) is 16.3. The Balaban J connectivity index is 1.43. The van der Waals surface area contributed by atoms with Crippen LogP contribution < -0.4 is 5.46 Å². The first kappa shape index (κ1) is 21.6. The number of fused-ring (bicyclic) bond motifs is 3. The summed E-state index contributed by atoms with van der Waals surface area (Å²) < 4.78 is 15.1. The molecule has 0 atom stereocenters. The lowest BCUT2D eigenvalue weighted by molar-refractivity contribution is 0.00578. The summed E-state index contributed by atoms with van der Waals surface area (Å²) in [5.41, 5.74) is 5.39. The van der Waals surface area contributed by atoms with Gasteiger partial charge in [-0.1, -0.05) is 84.9 Å². The van der Waals surface area contributed by atoms with E-state index in [1.807, 2.05) is 11.3 Å². The van der Waals surface area contributed by atoms with E-state index < -0.39 is 0 Å². The summed E-state index contributed by atoms with van der Waals surface area (Å²) in [7, 11) is -0.340. The van der Waals surface area contributed by atoms with Crippen LogP contribution in [0, 0.1) is 0 Å². The fourth-order valence-corrected chi connectivity index (χ4v) is 6.00. The summed E-state index contributed by atoms with van der Waals surface area (Å²) in [6.07, 6.45) is 0. The topological polar surface area (TPSA) is 18.5 Å². The van der Waals surface area contributed by atoms with Crippen LogP contribution in [0.1, 0.15) is 27.7 Å². The van der Waals surface area contributed by atoms with Crippen molar-refractivity contribution in [3.8, 4) is 22.3 Å². The van der Waals surface area contributed by atoms with Gasteiger partial charge < -0.3 is 9.31 Å². The Kier molecular flexibility index (Phi) is 4.96. The smallest absolute Gasteiger partial charge is 0.399 e. The summed E-state index contributed by atoms with van der Waals surface area (Å²) in [6.45, 7) is 8.36. The Hall–Kier alpha value is -2.92. The molecule has 2 nitrogen and oxygen atoms in total. The minimum absolute atomic E-state index is 0.338. The van der Waals surface area contributed by atoms with Crippen LogP contribution >= 0.6 is 11.3 Å². The summed E-state index contributed by atoms with van der Waals surface area (Å²) in [4.78, 5) is 0. The lowest BCUT2D eigenvalue weighted by Gasteiger charge is -2.32. The molecule has 0 aliphatic carbocycles. The molecule has 5 aromatic rings. The van der Waals surface area contributed by atoms with Crippen LogP contribution in [0.25, 0.3) is 42.4 Å². The number of hydrogen-bond donors (Lipinski definition) is 0. The van der Waals surface area contributed by atoms with Crippen molar-refractivity contribution in [2.24, 2.45) is 0 Å². The van der Waals surface area contributed by atoms with Crippen molar-refractivity contribution in [3.63, 3.8) is 0 Å². The van der Waals surface area contributed by atoms with Crippen LogP contribution in [-0.2, 0) is 9.31 Å². The molecule has 0 unspecified atom stereocenters. The molecule has 0 radical (unpaired) electrons. The van der Waals surface area contributed by atoms with Gasteiger partial charge in [-0.05, 0) is 61.5 Å². The molecule has 4 aromatic carbocycles. The first-order valence-corrected chi connectivity index (χ1v) is 12.6. The predicted octanol–water partition coefficient (Wildman–Crippen LogP) is 7.69. The second-order valence-corrected chi connectivity index (χ2v) is 11.1. The Morgan fingerprint density at radius 1 is 0.618 bits per heavy atom. The molecular formula is C30H27BO2S. The van der Waals surface area contributed by atoms with Gasteiger partial charge in [0.05, 0.1) is 11.2 Å². The summed E-state index contributed by atoms with van der Waals surface area (Å²) >= 11 is 1.87. The van der Waals surface area contributed by atoms with Crippen molar-refractivity contribution >= 4 is 44.1 Å². The van der Waals surface area contributed by atoms with Gasteiger partial charge in [0.1, 0.15) is 0 Å². The van der Waals surface area contributed by atoms with E-state index in [1.54, 1.807) is 0 Å². The molecular weight excluding hydrogens is 435 g/mol. The third-order valence-corrected chi connectivity index (χ3v) is 8.56. The molecule has 4 heteroatoms. The number of thiophene rings is 1. The minimum Gasteiger partial charge on any atom is -0.399 e. The van der Waals surface area contributed by atoms with Crippen molar-refractivity contribution in [3.05, 3.63) is 91.0 Å². The maximum Gasteiger partial charge on any atom is 0.494 e. The Morgan fingerprint density at radius 2 is 1.24 bits per heavy atom. The molecule has 1 aliphatic rings. The molecule has 1 aliphatic heterocycles. The number of rotatable bonds is 3. The van der Waals surface area contributed by atoms with Gasteiger partial charge >= 0.3 is 7.12 Å². The van der Waals surface area contributed by atoms with Gasteiger partial charge in [0.25, 0.3) is 0 Å². The third kappa shape index (κ3) is 3.40. The molecule has 6 rings (SSSR count). The van der Waals surface area contributed by atoms with Gasteiger partial charge in [-0.15, -0.1) is 11.3 Å². The molecule has 0 amide bonds. The fraction of sp³-hybridized carbons (Fsp3) is 0.200. The van der Waals surface area contributed by atoms with Crippen molar-refractivity contribution < 1.29 is 9.31 Å². The van der Waals surface area contributed by atoms with Crippen LogP contribution in [-0.4, -0.2) is 18.3 Å². The lowest BCUT2D eigenvalue weighted by atomic mass is 9.78. The van der Waals surface area contributed by atoms with Crippen LogP contribution in [0.15, 0.2) is 91.0 Å².